The molecule has 3 nitrogen and oxygen atoms in total. The summed E-state index contributed by atoms with van der Waals surface area (Å²) >= 11 is 1.68. The van der Waals surface area contributed by atoms with Crippen molar-refractivity contribution in [2.45, 2.75) is 4.90 Å². The number of hydrogen-bond acceptors (Lipinski definition) is 3. The highest BCUT2D eigenvalue weighted by Crippen LogP contribution is 2.35. The van der Waals surface area contributed by atoms with E-state index >= 15 is 0 Å². The van der Waals surface area contributed by atoms with Gasteiger partial charge in [-0.05, 0) is 36.1 Å². The van der Waals surface area contributed by atoms with Crippen LogP contribution in [0.4, 0.5) is 10.2 Å². The Hall–Kier alpha value is -2.27. The minimum absolute atomic E-state index is 0.295. The number of aromatic amines is 1. The molecule has 0 aliphatic heterocycles. The Balaban J connectivity index is 2.12. The van der Waals surface area contributed by atoms with Crippen molar-refractivity contribution in [2.24, 2.45) is 0 Å². The Morgan fingerprint density at radius 1 is 1.10 bits per heavy atom. The third kappa shape index (κ3) is 2.64. The molecular weight excluding hydrogens is 285 g/mol. The molecule has 0 aliphatic carbocycles. The highest BCUT2D eigenvalue weighted by atomic mass is 32.2. The van der Waals surface area contributed by atoms with E-state index in [0.29, 0.717) is 11.4 Å². The van der Waals surface area contributed by atoms with E-state index in [2.05, 4.69) is 10.2 Å². The van der Waals surface area contributed by atoms with E-state index in [1.54, 1.807) is 17.8 Å². The van der Waals surface area contributed by atoms with E-state index in [4.69, 9.17) is 5.73 Å². The van der Waals surface area contributed by atoms with Crippen LogP contribution < -0.4 is 5.73 Å². The number of rotatable bonds is 3. The fraction of sp³-hybridized carbons (Fsp3) is 0.0625. The van der Waals surface area contributed by atoms with Crippen LogP contribution in [0.25, 0.3) is 22.4 Å². The molecule has 5 heteroatoms. The van der Waals surface area contributed by atoms with Gasteiger partial charge >= 0.3 is 0 Å². The molecule has 0 unspecified atom stereocenters. The van der Waals surface area contributed by atoms with Gasteiger partial charge in [0.1, 0.15) is 5.82 Å². The summed E-state index contributed by atoms with van der Waals surface area (Å²) in [5, 5.41) is 7.01. The van der Waals surface area contributed by atoms with Crippen molar-refractivity contribution in [1.82, 2.24) is 10.2 Å². The van der Waals surface area contributed by atoms with Crippen molar-refractivity contribution < 1.29 is 4.39 Å². The van der Waals surface area contributed by atoms with Crippen LogP contribution in [0.5, 0.6) is 0 Å². The molecule has 2 aromatic carbocycles. The lowest BCUT2D eigenvalue weighted by molar-refractivity contribution is 0.628. The Bertz CT molecular complexity index is 765. The average Bonchev–Trinajstić information content (AvgIpc) is 2.89. The SMILES string of the molecule is CSc1ccc(-c2[nH]nc(N)c2-c2cccc(F)c2)cc1. The number of H-pyrrole nitrogens is 1. The molecule has 0 saturated carbocycles. The molecule has 0 atom stereocenters. The number of benzene rings is 2. The minimum Gasteiger partial charge on any atom is -0.382 e. The highest BCUT2D eigenvalue weighted by Gasteiger charge is 2.15. The highest BCUT2D eigenvalue weighted by molar-refractivity contribution is 7.98. The Kier molecular flexibility index (Phi) is 3.66. The van der Waals surface area contributed by atoms with Gasteiger partial charge in [0.25, 0.3) is 0 Å². The molecule has 0 amide bonds. The smallest absolute Gasteiger partial charge is 0.153 e. The summed E-state index contributed by atoms with van der Waals surface area (Å²) in [7, 11) is 0. The molecule has 0 spiro atoms. The van der Waals surface area contributed by atoms with Crippen molar-refractivity contribution >= 4 is 17.6 Å². The zero-order valence-electron chi connectivity index (χ0n) is 11.4. The molecule has 21 heavy (non-hydrogen) atoms. The summed E-state index contributed by atoms with van der Waals surface area (Å²) in [6.07, 6.45) is 2.03. The first-order chi connectivity index (χ1) is 10.2. The summed E-state index contributed by atoms with van der Waals surface area (Å²) in [5.74, 6) is 0.0707. The van der Waals surface area contributed by atoms with E-state index in [1.807, 2.05) is 36.6 Å². The lowest BCUT2D eigenvalue weighted by atomic mass is 10.0. The molecule has 106 valence electrons. The Morgan fingerprint density at radius 2 is 1.86 bits per heavy atom. The maximum absolute atomic E-state index is 13.4. The summed E-state index contributed by atoms with van der Waals surface area (Å²) in [6.45, 7) is 0. The van der Waals surface area contributed by atoms with Gasteiger partial charge in [-0.1, -0.05) is 24.3 Å². The maximum atomic E-state index is 13.4. The van der Waals surface area contributed by atoms with E-state index < -0.39 is 0 Å². The number of thioether (sulfide) groups is 1. The standard InChI is InChI=1S/C16H14FN3S/c1-21-13-7-5-10(6-8-13)15-14(16(18)20-19-15)11-3-2-4-12(17)9-11/h2-9H,1H3,(H3,18,19,20). The third-order valence-electron chi connectivity index (χ3n) is 3.29. The van der Waals surface area contributed by atoms with Gasteiger partial charge in [-0.15, -0.1) is 11.8 Å². The summed E-state index contributed by atoms with van der Waals surface area (Å²) < 4.78 is 13.4. The van der Waals surface area contributed by atoms with Crippen LogP contribution in [0.3, 0.4) is 0 Å². The van der Waals surface area contributed by atoms with Gasteiger partial charge < -0.3 is 5.73 Å². The minimum atomic E-state index is -0.295. The quantitative estimate of drug-likeness (QED) is 0.713. The van der Waals surface area contributed by atoms with Gasteiger partial charge in [-0.25, -0.2) is 4.39 Å². The molecule has 0 saturated heterocycles. The number of nitrogen functional groups attached to an aromatic ring is 1. The number of nitrogens with zero attached hydrogens (tertiary/aromatic N) is 1. The van der Waals surface area contributed by atoms with Crippen LogP contribution in [-0.2, 0) is 0 Å². The second-order valence-corrected chi connectivity index (χ2v) is 5.48. The number of hydrogen-bond donors (Lipinski definition) is 2. The average molecular weight is 299 g/mol. The molecular formula is C16H14FN3S. The largest absolute Gasteiger partial charge is 0.382 e. The van der Waals surface area contributed by atoms with Crippen molar-refractivity contribution in [2.75, 3.05) is 12.0 Å². The van der Waals surface area contributed by atoms with Crippen LogP contribution in [0, 0.1) is 5.82 Å². The van der Waals surface area contributed by atoms with Crippen LogP contribution >= 0.6 is 11.8 Å². The fourth-order valence-corrected chi connectivity index (χ4v) is 2.67. The lowest BCUT2D eigenvalue weighted by Crippen LogP contribution is -1.89. The monoisotopic (exact) mass is 299 g/mol. The van der Waals surface area contributed by atoms with Crippen molar-refractivity contribution in [3.63, 3.8) is 0 Å². The van der Waals surface area contributed by atoms with E-state index in [9.17, 15) is 4.39 Å². The number of nitrogens with two attached hydrogens (primary N) is 1. The maximum Gasteiger partial charge on any atom is 0.153 e. The molecule has 0 aliphatic rings. The van der Waals surface area contributed by atoms with Crippen LogP contribution in [0.1, 0.15) is 0 Å². The van der Waals surface area contributed by atoms with Gasteiger partial charge in [0.15, 0.2) is 5.82 Å². The first-order valence-corrected chi connectivity index (χ1v) is 7.65. The lowest BCUT2D eigenvalue weighted by Gasteiger charge is -2.06. The van der Waals surface area contributed by atoms with Gasteiger partial charge in [-0.2, -0.15) is 5.10 Å². The van der Waals surface area contributed by atoms with E-state index in [-0.39, 0.29) is 5.82 Å². The summed E-state index contributed by atoms with van der Waals surface area (Å²) in [6, 6.07) is 14.4. The number of halogens is 1. The summed E-state index contributed by atoms with van der Waals surface area (Å²) in [5.41, 5.74) is 9.16. The third-order valence-corrected chi connectivity index (χ3v) is 4.03. The molecule has 3 N–H and O–H groups in total. The normalized spacial score (nSPS) is 10.8. The number of anilines is 1. The van der Waals surface area contributed by atoms with Crippen molar-refractivity contribution in [3.8, 4) is 22.4 Å². The number of aromatic nitrogens is 2. The van der Waals surface area contributed by atoms with Gasteiger partial charge in [-0.3, -0.25) is 5.10 Å². The molecule has 1 heterocycles. The van der Waals surface area contributed by atoms with Crippen LogP contribution in [0.15, 0.2) is 53.4 Å². The Labute approximate surface area is 126 Å². The Morgan fingerprint density at radius 3 is 2.52 bits per heavy atom. The fourth-order valence-electron chi connectivity index (χ4n) is 2.26. The van der Waals surface area contributed by atoms with Crippen LogP contribution in [-0.4, -0.2) is 16.5 Å². The predicted molar refractivity (Wildman–Crippen MR) is 85.6 cm³/mol. The molecule has 0 bridgehead atoms. The molecule has 3 aromatic rings. The van der Waals surface area contributed by atoms with Crippen LogP contribution in [0.2, 0.25) is 0 Å². The topological polar surface area (TPSA) is 54.7 Å². The second-order valence-electron chi connectivity index (χ2n) is 4.60. The van der Waals surface area contributed by atoms with Crippen molar-refractivity contribution in [3.05, 3.63) is 54.3 Å². The molecule has 1 aromatic heterocycles. The van der Waals surface area contributed by atoms with Gasteiger partial charge in [0, 0.05) is 10.5 Å². The van der Waals surface area contributed by atoms with E-state index in [1.165, 1.54) is 17.0 Å². The molecule has 0 fully saturated rings. The zero-order chi connectivity index (χ0) is 14.8. The predicted octanol–water partition coefficient (Wildman–Crippen LogP) is 4.19. The van der Waals surface area contributed by atoms with Gasteiger partial charge in [0.2, 0.25) is 0 Å². The molecule has 0 radical (unpaired) electrons. The first kappa shape index (κ1) is 13.7. The van der Waals surface area contributed by atoms with Gasteiger partial charge in [0.05, 0.1) is 11.3 Å². The zero-order valence-corrected chi connectivity index (χ0v) is 12.2. The summed E-state index contributed by atoms with van der Waals surface area (Å²) in [4.78, 5) is 1.18. The molecule has 3 rings (SSSR count). The van der Waals surface area contributed by atoms with Crippen molar-refractivity contribution in [1.29, 1.82) is 0 Å². The number of nitrogens with one attached hydrogen (secondary N) is 1. The second kappa shape index (κ2) is 5.61. The first-order valence-electron chi connectivity index (χ1n) is 6.43. The van der Waals surface area contributed by atoms with E-state index in [0.717, 1.165) is 16.8 Å².